The third kappa shape index (κ3) is 4.45. The molecule has 3 aromatic rings. The SMILES string of the molecule is COc1ccc(S(=O)(=O)Nc2ccc(-n3ccc(C(F)(F)F)n3)cc2)cc1OC. The fourth-order valence-corrected chi connectivity index (χ4v) is 3.57. The van der Waals surface area contributed by atoms with Crippen LogP contribution in [0.4, 0.5) is 18.9 Å². The molecular formula is C18H16F3N3O4S. The topological polar surface area (TPSA) is 82.5 Å². The highest BCUT2D eigenvalue weighted by Gasteiger charge is 2.33. The van der Waals surface area contributed by atoms with Crippen LogP contribution in [0.25, 0.3) is 5.69 Å². The summed E-state index contributed by atoms with van der Waals surface area (Å²) in [5.74, 6) is 0.637. The Morgan fingerprint density at radius 1 is 0.966 bits per heavy atom. The van der Waals surface area contributed by atoms with Gasteiger partial charge >= 0.3 is 6.18 Å². The fraction of sp³-hybridized carbons (Fsp3) is 0.167. The van der Waals surface area contributed by atoms with E-state index in [1.54, 1.807) is 0 Å². The number of halogens is 3. The summed E-state index contributed by atoms with van der Waals surface area (Å²) in [5, 5.41) is 3.47. The highest BCUT2D eigenvalue weighted by Crippen LogP contribution is 2.30. The van der Waals surface area contributed by atoms with Crippen LogP contribution in [0.5, 0.6) is 11.5 Å². The summed E-state index contributed by atoms with van der Waals surface area (Å²) in [4.78, 5) is -0.0406. The molecule has 29 heavy (non-hydrogen) atoms. The van der Waals surface area contributed by atoms with E-state index in [0.29, 0.717) is 11.4 Å². The number of ether oxygens (including phenoxy) is 2. The van der Waals surface area contributed by atoms with E-state index < -0.39 is 21.9 Å². The third-order valence-electron chi connectivity index (χ3n) is 3.93. The standard InChI is InChI=1S/C18H16F3N3O4S/c1-27-15-8-7-14(11-16(15)28-2)29(25,26)23-12-3-5-13(6-4-12)24-10-9-17(22-24)18(19,20)21/h3-11,23H,1-2H3. The van der Waals surface area contributed by atoms with E-state index in [-0.39, 0.29) is 16.3 Å². The maximum Gasteiger partial charge on any atom is 0.435 e. The highest BCUT2D eigenvalue weighted by atomic mass is 32.2. The zero-order valence-corrected chi connectivity index (χ0v) is 16.1. The highest BCUT2D eigenvalue weighted by molar-refractivity contribution is 7.92. The lowest BCUT2D eigenvalue weighted by Gasteiger charge is -2.12. The van der Waals surface area contributed by atoms with Crippen molar-refractivity contribution in [1.82, 2.24) is 9.78 Å². The van der Waals surface area contributed by atoms with Gasteiger partial charge in [0.25, 0.3) is 10.0 Å². The maximum absolute atomic E-state index is 12.7. The minimum atomic E-state index is -4.54. The van der Waals surface area contributed by atoms with Gasteiger partial charge in [0, 0.05) is 18.0 Å². The van der Waals surface area contributed by atoms with E-state index in [1.165, 1.54) is 62.9 Å². The van der Waals surface area contributed by atoms with Crippen LogP contribution in [-0.2, 0) is 16.2 Å². The van der Waals surface area contributed by atoms with E-state index in [4.69, 9.17) is 9.47 Å². The first-order valence-corrected chi connectivity index (χ1v) is 9.60. The summed E-state index contributed by atoms with van der Waals surface area (Å²) < 4.78 is 76.8. The molecule has 0 aliphatic carbocycles. The molecule has 0 bridgehead atoms. The van der Waals surface area contributed by atoms with Crippen LogP contribution >= 0.6 is 0 Å². The van der Waals surface area contributed by atoms with Crippen molar-refractivity contribution >= 4 is 15.7 Å². The number of anilines is 1. The lowest BCUT2D eigenvalue weighted by Crippen LogP contribution is -2.13. The number of benzene rings is 2. The molecule has 154 valence electrons. The number of nitrogens with zero attached hydrogens (tertiary/aromatic N) is 2. The van der Waals surface area contributed by atoms with Crippen molar-refractivity contribution in [3.05, 3.63) is 60.4 Å². The van der Waals surface area contributed by atoms with Crippen LogP contribution in [0.2, 0.25) is 0 Å². The fourth-order valence-electron chi connectivity index (χ4n) is 2.50. The van der Waals surface area contributed by atoms with Crippen molar-refractivity contribution < 1.29 is 31.1 Å². The summed E-state index contributed by atoms with van der Waals surface area (Å²) >= 11 is 0. The molecule has 1 heterocycles. The van der Waals surface area contributed by atoms with E-state index >= 15 is 0 Å². The molecule has 1 aromatic heterocycles. The Labute approximate surface area is 164 Å². The van der Waals surface area contributed by atoms with Crippen molar-refractivity contribution in [3.8, 4) is 17.2 Å². The van der Waals surface area contributed by atoms with Gasteiger partial charge in [0.1, 0.15) is 0 Å². The third-order valence-corrected chi connectivity index (χ3v) is 5.31. The Bertz CT molecular complexity index is 1110. The Hall–Kier alpha value is -3.21. The lowest BCUT2D eigenvalue weighted by molar-refractivity contribution is -0.141. The van der Waals surface area contributed by atoms with Gasteiger partial charge in [-0.15, -0.1) is 0 Å². The van der Waals surface area contributed by atoms with Gasteiger partial charge in [-0.2, -0.15) is 18.3 Å². The van der Waals surface area contributed by atoms with E-state index in [2.05, 4.69) is 9.82 Å². The average Bonchev–Trinajstić information content (AvgIpc) is 3.18. The number of methoxy groups -OCH3 is 2. The van der Waals surface area contributed by atoms with Crippen LogP contribution in [0.15, 0.2) is 59.6 Å². The van der Waals surface area contributed by atoms with E-state index in [9.17, 15) is 21.6 Å². The van der Waals surface area contributed by atoms with Crippen LogP contribution in [0.1, 0.15) is 5.69 Å². The minimum Gasteiger partial charge on any atom is -0.493 e. The molecule has 0 saturated heterocycles. The normalized spacial score (nSPS) is 11.9. The molecule has 0 amide bonds. The summed E-state index contributed by atoms with van der Waals surface area (Å²) in [5.41, 5.74) is -0.447. The number of hydrogen-bond acceptors (Lipinski definition) is 5. The Balaban J connectivity index is 1.81. The van der Waals surface area contributed by atoms with Gasteiger partial charge in [-0.25, -0.2) is 13.1 Å². The molecule has 3 rings (SSSR count). The second kappa shape index (κ2) is 7.66. The first-order chi connectivity index (χ1) is 13.6. The van der Waals surface area contributed by atoms with Crippen molar-refractivity contribution in [2.24, 2.45) is 0 Å². The van der Waals surface area contributed by atoms with Crippen LogP contribution in [-0.4, -0.2) is 32.4 Å². The second-order valence-corrected chi connectivity index (χ2v) is 7.49. The zero-order valence-electron chi connectivity index (χ0n) is 15.3. The van der Waals surface area contributed by atoms with Gasteiger partial charge in [0.2, 0.25) is 0 Å². The van der Waals surface area contributed by atoms with Crippen molar-refractivity contribution in [1.29, 1.82) is 0 Å². The average molecular weight is 427 g/mol. The maximum atomic E-state index is 12.7. The number of rotatable bonds is 6. The Morgan fingerprint density at radius 2 is 1.62 bits per heavy atom. The smallest absolute Gasteiger partial charge is 0.435 e. The van der Waals surface area contributed by atoms with Crippen LogP contribution < -0.4 is 14.2 Å². The lowest BCUT2D eigenvalue weighted by atomic mass is 10.3. The van der Waals surface area contributed by atoms with Crippen molar-refractivity contribution in [2.75, 3.05) is 18.9 Å². The Kier molecular flexibility index (Phi) is 5.42. The van der Waals surface area contributed by atoms with E-state index in [0.717, 1.165) is 10.7 Å². The Morgan fingerprint density at radius 3 is 2.17 bits per heavy atom. The quantitative estimate of drug-likeness (QED) is 0.649. The van der Waals surface area contributed by atoms with Gasteiger partial charge in [-0.05, 0) is 42.5 Å². The number of hydrogen-bond donors (Lipinski definition) is 1. The molecule has 0 aliphatic heterocycles. The summed E-state index contributed by atoms with van der Waals surface area (Å²) in [7, 11) is -1.10. The van der Waals surface area contributed by atoms with Crippen LogP contribution in [0.3, 0.4) is 0 Å². The summed E-state index contributed by atoms with van der Waals surface area (Å²) in [6, 6.07) is 10.7. The molecule has 0 saturated carbocycles. The number of alkyl halides is 3. The molecular weight excluding hydrogens is 411 g/mol. The second-order valence-electron chi connectivity index (χ2n) is 5.81. The van der Waals surface area contributed by atoms with Gasteiger partial charge in [-0.3, -0.25) is 4.72 Å². The van der Waals surface area contributed by atoms with Gasteiger partial charge in [0.05, 0.1) is 24.8 Å². The molecule has 0 fully saturated rings. The molecule has 11 heteroatoms. The van der Waals surface area contributed by atoms with Crippen molar-refractivity contribution in [2.45, 2.75) is 11.1 Å². The first kappa shape index (κ1) is 20.5. The minimum absolute atomic E-state index is 0.0406. The predicted octanol–water partition coefficient (Wildman–Crippen LogP) is 3.71. The molecule has 0 aliphatic rings. The molecule has 1 N–H and O–H groups in total. The van der Waals surface area contributed by atoms with Gasteiger partial charge in [-0.1, -0.05) is 0 Å². The summed E-state index contributed by atoms with van der Waals surface area (Å²) in [6.07, 6.45) is -3.37. The number of sulfonamides is 1. The largest absolute Gasteiger partial charge is 0.493 e. The molecule has 7 nitrogen and oxygen atoms in total. The summed E-state index contributed by atoms with van der Waals surface area (Å²) in [6.45, 7) is 0. The predicted molar refractivity (Wildman–Crippen MR) is 98.9 cm³/mol. The van der Waals surface area contributed by atoms with E-state index in [1.807, 2.05) is 0 Å². The molecule has 0 atom stereocenters. The number of aromatic nitrogens is 2. The molecule has 0 radical (unpaired) electrons. The molecule has 0 spiro atoms. The molecule has 2 aromatic carbocycles. The van der Waals surface area contributed by atoms with Gasteiger partial charge < -0.3 is 9.47 Å². The monoisotopic (exact) mass is 427 g/mol. The number of nitrogens with one attached hydrogen (secondary N) is 1. The zero-order chi connectivity index (χ0) is 21.2. The first-order valence-electron chi connectivity index (χ1n) is 8.12. The van der Waals surface area contributed by atoms with Crippen LogP contribution in [0, 0.1) is 0 Å². The van der Waals surface area contributed by atoms with Crippen molar-refractivity contribution in [3.63, 3.8) is 0 Å². The van der Waals surface area contributed by atoms with Gasteiger partial charge in [0.15, 0.2) is 17.2 Å². The molecule has 0 unspecified atom stereocenters.